The van der Waals surface area contributed by atoms with Crippen LogP contribution in [0.3, 0.4) is 0 Å². The zero-order valence-electron chi connectivity index (χ0n) is 7.46. The van der Waals surface area contributed by atoms with Crippen LogP contribution in [0, 0.1) is 11.6 Å². The van der Waals surface area contributed by atoms with Crippen molar-refractivity contribution in [3.05, 3.63) is 35.4 Å². The number of rotatable bonds is 1. The molecule has 0 bridgehead atoms. The molecule has 0 unspecified atom stereocenters. The first-order valence-electron chi connectivity index (χ1n) is 4.40. The molecular formula is C10H9F2NO. The third kappa shape index (κ3) is 1.73. The topological polar surface area (TPSA) is 21.6 Å². The Morgan fingerprint density at radius 1 is 1.29 bits per heavy atom. The molecule has 1 aromatic carbocycles. The molecule has 1 aliphatic heterocycles. The lowest BCUT2D eigenvalue weighted by Crippen LogP contribution is -2.16. The number of benzene rings is 1. The molecule has 0 atom stereocenters. The first-order chi connectivity index (χ1) is 6.77. The summed E-state index contributed by atoms with van der Waals surface area (Å²) in [7, 11) is 0. The van der Waals surface area contributed by atoms with Crippen molar-refractivity contribution in [3.8, 4) is 0 Å². The fourth-order valence-corrected chi connectivity index (χ4v) is 1.29. The molecule has 1 aromatic rings. The summed E-state index contributed by atoms with van der Waals surface area (Å²) in [5.41, 5.74) is 0.228. The van der Waals surface area contributed by atoms with Crippen LogP contribution in [0.15, 0.2) is 23.2 Å². The predicted octanol–water partition coefficient (Wildman–Crippen LogP) is 2.13. The van der Waals surface area contributed by atoms with Gasteiger partial charge in [-0.1, -0.05) is 0 Å². The van der Waals surface area contributed by atoms with E-state index in [2.05, 4.69) is 4.99 Å². The lowest BCUT2D eigenvalue weighted by atomic mass is 10.2. The number of nitrogens with zero attached hydrogens (tertiary/aromatic N) is 1. The van der Waals surface area contributed by atoms with Crippen molar-refractivity contribution in [3.63, 3.8) is 0 Å². The Hall–Kier alpha value is -1.45. The average Bonchev–Trinajstić information content (AvgIpc) is 2.19. The Morgan fingerprint density at radius 3 is 2.79 bits per heavy atom. The Bertz CT molecular complexity index is 376. The van der Waals surface area contributed by atoms with Gasteiger partial charge in [-0.15, -0.1) is 0 Å². The number of hydrogen-bond acceptors (Lipinski definition) is 2. The molecule has 0 radical (unpaired) electrons. The van der Waals surface area contributed by atoms with E-state index in [9.17, 15) is 8.78 Å². The normalized spacial score (nSPS) is 16.0. The molecule has 0 aliphatic carbocycles. The zero-order chi connectivity index (χ0) is 9.97. The van der Waals surface area contributed by atoms with Gasteiger partial charge in [-0.3, -0.25) is 4.99 Å². The molecule has 2 rings (SSSR count). The van der Waals surface area contributed by atoms with E-state index >= 15 is 0 Å². The van der Waals surface area contributed by atoms with E-state index in [4.69, 9.17) is 4.74 Å². The fraction of sp³-hybridized carbons (Fsp3) is 0.300. The van der Waals surface area contributed by atoms with Crippen molar-refractivity contribution in [2.75, 3.05) is 13.2 Å². The van der Waals surface area contributed by atoms with E-state index in [1.807, 2.05) is 0 Å². The first-order valence-corrected chi connectivity index (χ1v) is 4.40. The molecule has 0 fully saturated rings. The molecule has 1 heterocycles. The largest absolute Gasteiger partial charge is 0.477 e. The van der Waals surface area contributed by atoms with Gasteiger partial charge in [0, 0.05) is 19.0 Å². The summed E-state index contributed by atoms with van der Waals surface area (Å²) in [5.74, 6) is -0.956. The third-order valence-electron chi connectivity index (χ3n) is 1.96. The molecule has 2 nitrogen and oxygen atoms in total. The van der Waals surface area contributed by atoms with E-state index in [0.717, 1.165) is 12.5 Å². The number of halogens is 2. The fourth-order valence-electron chi connectivity index (χ4n) is 1.29. The summed E-state index contributed by atoms with van der Waals surface area (Å²) >= 11 is 0. The quantitative estimate of drug-likeness (QED) is 0.675. The number of hydrogen-bond donors (Lipinski definition) is 0. The molecular weight excluding hydrogens is 188 g/mol. The van der Waals surface area contributed by atoms with Crippen LogP contribution in [-0.4, -0.2) is 19.0 Å². The molecule has 0 spiro atoms. The van der Waals surface area contributed by atoms with E-state index in [0.29, 0.717) is 13.2 Å². The smallest absolute Gasteiger partial charge is 0.219 e. The molecule has 1 aliphatic rings. The van der Waals surface area contributed by atoms with E-state index in [-0.39, 0.29) is 11.5 Å². The van der Waals surface area contributed by atoms with Gasteiger partial charge in [0.15, 0.2) is 0 Å². The van der Waals surface area contributed by atoms with E-state index < -0.39 is 11.6 Å². The van der Waals surface area contributed by atoms with Gasteiger partial charge in [-0.25, -0.2) is 8.78 Å². The van der Waals surface area contributed by atoms with Gasteiger partial charge in [0.05, 0.1) is 12.2 Å². The van der Waals surface area contributed by atoms with Crippen LogP contribution < -0.4 is 0 Å². The Balaban J connectivity index is 2.35. The van der Waals surface area contributed by atoms with Crippen LogP contribution >= 0.6 is 0 Å². The monoisotopic (exact) mass is 197 g/mol. The molecule has 4 heteroatoms. The first kappa shape index (κ1) is 9.12. The second-order valence-corrected chi connectivity index (χ2v) is 3.01. The van der Waals surface area contributed by atoms with Gasteiger partial charge in [-0.05, 0) is 12.1 Å². The second-order valence-electron chi connectivity index (χ2n) is 3.01. The summed E-state index contributed by atoms with van der Waals surface area (Å²) < 4.78 is 31.0. The highest BCUT2D eigenvalue weighted by molar-refractivity contribution is 5.94. The Morgan fingerprint density at radius 2 is 2.14 bits per heavy atom. The molecule has 74 valence electrons. The van der Waals surface area contributed by atoms with Crippen LogP contribution in [-0.2, 0) is 4.74 Å². The van der Waals surface area contributed by atoms with Gasteiger partial charge >= 0.3 is 0 Å². The summed E-state index contributed by atoms with van der Waals surface area (Å²) in [6, 6.07) is 3.36. The highest BCUT2D eigenvalue weighted by atomic mass is 19.1. The van der Waals surface area contributed by atoms with Crippen molar-refractivity contribution < 1.29 is 13.5 Å². The minimum absolute atomic E-state index is 0.228. The van der Waals surface area contributed by atoms with Gasteiger partial charge in [0.2, 0.25) is 5.90 Å². The van der Waals surface area contributed by atoms with Crippen molar-refractivity contribution >= 4 is 5.90 Å². The van der Waals surface area contributed by atoms with Crippen molar-refractivity contribution in [1.29, 1.82) is 0 Å². The van der Waals surface area contributed by atoms with Gasteiger partial charge in [-0.2, -0.15) is 0 Å². The molecule has 0 saturated heterocycles. The van der Waals surface area contributed by atoms with Gasteiger partial charge < -0.3 is 4.74 Å². The maximum atomic E-state index is 13.2. The number of aliphatic imine (C=N–C) groups is 1. The standard InChI is InChI=1S/C10H9F2NO/c11-7-2-3-8(9(12)6-7)10-13-4-1-5-14-10/h2-3,6H,1,4-5H2. The Labute approximate surface area is 80.2 Å². The summed E-state index contributed by atoms with van der Waals surface area (Å²) in [6.07, 6.45) is 0.840. The van der Waals surface area contributed by atoms with Crippen molar-refractivity contribution in [2.45, 2.75) is 6.42 Å². The van der Waals surface area contributed by atoms with Crippen molar-refractivity contribution in [1.82, 2.24) is 0 Å². The van der Waals surface area contributed by atoms with E-state index in [1.165, 1.54) is 12.1 Å². The molecule has 0 amide bonds. The number of ether oxygens (including phenoxy) is 1. The highest BCUT2D eigenvalue weighted by Crippen LogP contribution is 2.13. The van der Waals surface area contributed by atoms with Crippen LogP contribution in [0.25, 0.3) is 0 Å². The Kier molecular flexibility index (Phi) is 2.43. The average molecular weight is 197 g/mol. The zero-order valence-corrected chi connectivity index (χ0v) is 7.46. The molecule has 0 N–H and O–H groups in total. The molecule has 14 heavy (non-hydrogen) atoms. The third-order valence-corrected chi connectivity index (χ3v) is 1.96. The highest BCUT2D eigenvalue weighted by Gasteiger charge is 2.13. The lowest BCUT2D eigenvalue weighted by molar-refractivity contribution is 0.283. The van der Waals surface area contributed by atoms with E-state index in [1.54, 1.807) is 0 Å². The predicted molar refractivity (Wildman–Crippen MR) is 48.3 cm³/mol. The summed E-state index contributed by atoms with van der Waals surface area (Å²) in [6.45, 7) is 1.17. The van der Waals surface area contributed by atoms with Gasteiger partial charge in [0.25, 0.3) is 0 Å². The van der Waals surface area contributed by atoms with Crippen molar-refractivity contribution in [2.24, 2.45) is 4.99 Å². The maximum absolute atomic E-state index is 13.2. The van der Waals surface area contributed by atoms with Crippen LogP contribution in [0.1, 0.15) is 12.0 Å². The maximum Gasteiger partial charge on any atom is 0.219 e. The van der Waals surface area contributed by atoms with Crippen LogP contribution in [0.5, 0.6) is 0 Å². The summed E-state index contributed by atoms with van der Waals surface area (Å²) in [4.78, 5) is 4.02. The van der Waals surface area contributed by atoms with Crippen LogP contribution in [0.4, 0.5) is 8.78 Å². The molecule has 0 aromatic heterocycles. The minimum atomic E-state index is -0.634. The lowest BCUT2D eigenvalue weighted by Gasteiger charge is -2.13. The summed E-state index contributed by atoms with van der Waals surface area (Å²) in [5, 5.41) is 0. The second kappa shape index (κ2) is 3.74. The molecule has 0 saturated carbocycles. The minimum Gasteiger partial charge on any atom is -0.477 e. The SMILES string of the molecule is Fc1ccc(C2=NCCCO2)c(F)c1. The van der Waals surface area contributed by atoms with Crippen LogP contribution in [0.2, 0.25) is 0 Å². The van der Waals surface area contributed by atoms with Gasteiger partial charge in [0.1, 0.15) is 11.6 Å².